The van der Waals surface area contributed by atoms with Crippen molar-refractivity contribution in [3.8, 4) is 0 Å². The Kier molecular flexibility index (Phi) is 49.7. The minimum atomic E-state index is -4.76. The number of aliphatic carboxylic acids is 1. The molecule has 0 aromatic heterocycles. The van der Waals surface area contributed by atoms with Crippen LogP contribution in [0.3, 0.4) is 0 Å². The second-order valence-corrected chi connectivity index (χ2v) is 21.3. The van der Waals surface area contributed by atoms with Crippen LogP contribution in [0.15, 0.2) is 0 Å². The molecule has 0 fully saturated rings. The van der Waals surface area contributed by atoms with Crippen LogP contribution in [0.1, 0.15) is 303 Å². The molecule has 0 spiro atoms. The molecule has 0 bridgehead atoms. The molecule has 1 amide bonds. The van der Waals surface area contributed by atoms with Gasteiger partial charge in [0.25, 0.3) is 0 Å². The highest BCUT2D eigenvalue weighted by Gasteiger charge is 2.28. The van der Waals surface area contributed by atoms with Crippen LogP contribution in [0.4, 0.5) is 0 Å². The number of phosphoric acid groups is 1. The summed E-state index contributed by atoms with van der Waals surface area (Å²) in [6.07, 6.45) is 54.2. The van der Waals surface area contributed by atoms with Crippen molar-refractivity contribution in [1.82, 2.24) is 5.32 Å². The van der Waals surface area contributed by atoms with Crippen LogP contribution < -0.4 is 5.32 Å². The number of rotatable bonds is 55. The van der Waals surface area contributed by atoms with Crippen molar-refractivity contribution < 1.29 is 47.8 Å². The number of phosphoric ester groups is 1. The fraction of sp³-hybridized carbons (Fsp3) is 0.945. The average molecular weight is 974 g/mol. The van der Waals surface area contributed by atoms with Crippen molar-refractivity contribution in [2.24, 2.45) is 0 Å². The summed E-state index contributed by atoms with van der Waals surface area (Å²) in [6.45, 7) is 2.68. The second-order valence-electron chi connectivity index (χ2n) is 19.9. The number of carbonyl (C=O) groups excluding carboxylic acids is 2. The highest BCUT2D eigenvalue weighted by molar-refractivity contribution is 7.47. The second kappa shape index (κ2) is 50.9. The molecule has 0 rings (SSSR count). The zero-order valence-corrected chi connectivity index (χ0v) is 44.6. The number of amides is 1. The molecule has 3 atom stereocenters. The summed E-state index contributed by atoms with van der Waals surface area (Å²) in [5.41, 5.74) is 0. The summed E-state index contributed by atoms with van der Waals surface area (Å²) >= 11 is 0. The number of hydrogen-bond acceptors (Lipinski definition) is 8. The average Bonchev–Trinajstić information content (AvgIpc) is 3.31. The first kappa shape index (κ1) is 65.5. The number of carboxylic acids is 1. The van der Waals surface area contributed by atoms with E-state index in [0.717, 1.165) is 38.5 Å². The third-order valence-electron chi connectivity index (χ3n) is 13.1. The number of aliphatic hydroxyl groups excluding tert-OH is 1. The van der Waals surface area contributed by atoms with E-state index in [9.17, 15) is 34.1 Å². The molecule has 11 nitrogen and oxygen atoms in total. The highest BCUT2D eigenvalue weighted by atomic mass is 31.2. The first-order chi connectivity index (χ1) is 32.6. The third-order valence-corrected chi connectivity index (χ3v) is 14.1. The third kappa shape index (κ3) is 50.7. The van der Waals surface area contributed by atoms with E-state index >= 15 is 0 Å². The fourth-order valence-electron chi connectivity index (χ4n) is 8.73. The van der Waals surface area contributed by atoms with E-state index in [1.165, 1.54) is 225 Å². The number of unbranched alkanes of at least 4 members (excludes halogenated alkanes) is 41. The first-order valence-electron chi connectivity index (χ1n) is 28.6. The topological polar surface area (TPSA) is 169 Å². The molecule has 0 aromatic carbocycles. The Labute approximate surface area is 412 Å². The summed E-state index contributed by atoms with van der Waals surface area (Å²) in [5.74, 6) is -2.34. The Hall–Kier alpha value is -1.52. The molecule has 3 unspecified atom stereocenters. The lowest BCUT2D eigenvalue weighted by Crippen LogP contribution is -2.43. The predicted octanol–water partition coefficient (Wildman–Crippen LogP) is 16.2. The Morgan fingerprint density at radius 2 is 0.687 bits per heavy atom. The molecule has 12 heteroatoms. The zero-order chi connectivity index (χ0) is 49.2. The van der Waals surface area contributed by atoms with Crippen molar-refractivity contribution in [2.45, 2.75) is 315 Å². The highest BCUT2D eigenvalue weighted by Crippen LogP contribution is 2.43. The van der Waals surface area contributed by atoms with Gasteiger partial charge >= 0.3 is 19.8 Å². The fourth-order valence-corrected chi connectivity index (χ4v) is 9.50. The lowest BCUT2D eigenvalue weighted by Gasteiger charge is -2.18. The van der Waals surface area contributed by atoms with Gasteiger partial charge < -0.3 is 25.2 Å². The van der Waals surface area contributed by atoms with Crippen LogP contribution in [0, 0.1) is 0 Å². The lowest BCUT2D eigenvalue weighted by atomic mass is 10.0. The predicted molar refractivity (Wildman–Crippen MR) is 277 cm³/mol. The van der Waals surface area contributed by atoms with Crippen LogP contribution in [-0.2, 0) is 32.7 Å². The van der Waals surface area contributed by atoms with Crippen molar-refractivity contribution in [3.63, 3.8) is 0 Å². The smallest absolute Gasteiger partial charge is 0.472 e. The summed E-state index contributed by atoms with van der Waals surface area (Å²) < 4.78 is 27.0. The maximum atomic E-state index is 12.4. The van der Waals surface area contributed by atoms with Gasteiger partial charge in [0, 0.05) is 12.8 Å². The van der Waals surface area contributed by atoms with Crippen LogP contribution in [0.2, 0.25) is 0 Å². The van der Waals surface area contributed by atoms with Gasteiger partial charge in [-0.15, -0.1) is 0 Å². The SMILES string of the molecule is CCCCCCCCCCCCCCCCCCCCCCCCC(=O)NC(COP(=O)(O)OCC(O)COC(=O)CCCCCCCCCCCCCCCCCCCCCCC)C(=O)O. The number of carboxylic acid groups (broad SMARTS) is 1. The van der Waals surface area contributed by atoms with Crippen LogP contribution in [-0.4, -0.2) is 64.9 Å². The summed E-state index contributed by atoms with van der Waals surface area (Å²) in [6, 6.07) is -1.54. The van der Waals surface area contributed by atoms with E-state index in [0.29, 0.717) is 12.8 Å². The Morgan fingerprint density at radius 1 is 0.418 bits per heavy atom. The molecular formula is C55H108NO10P. The number of hydrogen-bond donors (Lipinski definition) is 4. The maximum Gasteiger partial charge on any atom is 0.472 e. The van der Waals surface area contributed by atoms with Gasteiger partial charge in [0.1, 0.15) is 12.7 Å². The van der Waals surface area contributed by atoms with Crippen LogP contribution in [0.25, 0.3) is 0 Å². The molecular weight excluding hydrogens is 866 g/mol. The molecule has 0 radical (unpaired) electrons. The van der Waals surface area contributed by atoms with Gasteiger partial charge in [-0.3, -0.25) is 18.6 Å². The van der Waals surface area contributed by atoms with E-state index in [4.69, 9.17) is 13.8 Å². The van der Waals surface area contributed by atoms with Crippen LogP contribution in [0.5, 0.6) is 0 Å². The van der Waals surface area contributed by atoms with Crippen molar-refractivity contribution in [1.29, 1.82) is 0 Å². The molecule has 0 aliphatic carbocycles. The van der Waals surface area contributed by atoms with Gasteiger partial charge in [0.15, 0.2) is 6.04 Å². The largest absolute Gasteiger partial charge is 0.480 e. The molecule has 0 saturated carbocycles. The molecule has 0 heterocycles. The molecule has 0 aliphatic heterocycles. The maximum absolute atomic E-state index is 12.4. The Bertz CT molecular complexity index is 1140. The first-order valence-corrected chi connectivity index (χ1v) is 30.1. The normalized spacial score (nSPS) is 13.4. The number of nitrogens with one attached hydrogen (secondary N) is 1. The van der Waals surface area contributed by atoms with Gasteiger partial charge in [-0.1, -0.05) is 277 Å². The number of carbonyl (C=O) groups is 3. The number of ether oxygens (including phenoxy) is 1. The van der Waals surface area contributed by atoms with Gasteiger partial charge in [0.2, 0.25) is 5.91 Å². The van der Waals surface area contributed by atoms with Gasteiger partial charge in [-0.25, -0.2) is 9.36 Å². The van der Waals surface area contributed by atoms with Gasteiger partial charge in [0.05, 0.1) is 13.2 Å². The van der Waals surface area contributed by atoms with E-state index in [-0.39, 0.29) is 12.8 Å². The van der Waals surface area contributed by atoms with Gasteiger partial charge in [-0.2, -0.15) is 0 Å². The Morgan fingerprint density at radius 3 is 0.985 bits per heavy atom. The summed E-state index contributed by atoms with van der Waals surface area (Å²) in [4.78, 5) is 46.2. The van der Waals surface area contributed by atoms with E-state index in [1.807, 2.05) is 0 Å². The standard InChI is InChI=1S/C55H108NO10P/c1-3-5-7-9-11-13-15-17-19-21-23-25-27-28-30-32-34-36-38-40-42-44-46-53(58)56-52(55(60)61)50-66-67(62,63)65-49-51(57)48-64-54(59)47-45-43-41-39-37-35-33-31-29-26-24-22-20-18-16-14-12-10-8-6-4-2/h51-52,57H,3-50H2,1-2H3,(H,56,58)(H,60,61)(H,62,63). The quantitative estimate of drug-likeness (QED) is 0.0261. The monoisotopic (exact) mass is 974 g/mol. The number of aliphatic hydroxyl groups is 1. The number of esters is 1. The van der Waals surface area contributed by atoms with Crippen molar-refractivity contribution >= 4 is 25.7 Å². The van der Waals surface area contributed by atoms with Crippen molar-refractivity contribution in [3.05, 3.63) is 0 Å². The summed E-state index contributed by atoms with van der Waals surface area (Å²) in [7, 11) is -4.76. The van der Waals surface area contributed by atoms with E-state index in [2.05, 4.69) is 19.2 Å². The summed E-state index contributed by atoms with van der Waals surface area (Å²) in [5, 5.41) is 22.0. The van der Waals surface area contributed by atoms with Crippen LogP contribution >= 0.6 is 7.82 Å². The van der Waals surface area contributed by atoms with E-state index < -0.39 is 57.6 Å². The lowest BCUT2D eigenvalue weighted by molar-refractivity contribution is -0.147. The molecule has 0 aliphatic rings. The molecule has 0 saturated heterocycles. The van der Waals surface area contributed by atoms with Crippen molar-refractivity contribution in [2.75, 3.05) is 19.8 Å². The molecule has 398 valence electrons. The minimum Gasteiger partial charge on any atom is -0.480 e. The van der Waals surface area contributed by atoms with Gasteiger partial charge in [-0.05, 0) is 12.8 Å². The molecule has 4 N–H and O–H groups in total. The molecule has 0 aromatic rings. The molecule has 67 heavy (non-hydrogen) atoms. The Balaban J connectivity index is 3.73. The van der Waals surface area contributed by atoms with E-state index in [1.54, 1.807) is 0 Å². The minimum absolute atomic E-state index is 0.153. The zero-order valence-electron chi connectivity index (χ0n) is 43.7.